The van der Waals surface area contributed by atoms with Crippen molar-refractivity contribution >= 4 is 0 Å². The second-order valence-electron chi connectivity index (χ2n) is 1.81. The largest absolute Gasteiger partial charge is 0.396 e. The van der Waals surface area contributed by atoms with E-state index in [0.29, 0.717) is 0 Å². The van der Waals surface area contributed by atoms with E-state index in [-0.39, 0.29) is 13.0 Å². The molecule has 0 aliphatic rings. The van der Waals surface area contributed by atoms with Crippen LogP contribution < -0.4 is 0 Å². The van der Waals surface area contributed by atoms with Gasteiger partial charge in [-0.2, -0.15) is 0 Å². The lowest BCUT2D eigenvalue weighted by Crippen LogP contribution is -2.24. The zero-order chi connectivity index (χ0) is 7.28. The van der Waals surface area contributed by atoms with Gasteiger partial charge in [-0.3, -0.25) is 0 Å². The summed E-state index contributed by atoms with van der Waals surface area (Å²) < 4.78 is 0. The van der Waals surface area contributed by atoms with E-state index >= 15 is 0 Å². The van der Waals surface area contributed by atoms with Crippen molar-refractivity contribution in [2.45, 2.75) is 18.6 Å². The summed E-state index contributed by atoms with van der Waals surface area (Å²) in [7, 11) is 0. The molecule has 0 amide bonds. The third-order valence-electron chi connectivity index (χ3n) is 1.06. The van der Waals surface area contributed by atoms with Crippen LogP contribution in [0.5, 0.6) is 0 Å². The lowest BCUT2D eigenvalue weighted by atomic mass is 10.1. The average molecular weight is 132 g/mol. The molecule has 0 saturated carbocycles. The van der Waals surface area contributed by atoms with Crippen LogP contribution >= 0.6 is 0 Å². The highest BCUT2D eigenvalue weighted by Crippen LogP contribution is 1.97. The number of hydrogen-bond donors (Lipinski definition) is 3. The molecule has 3 nitrogen and oxygen atoms in total. The van der Waals surface area contributed by atoms with Gasteiger partial charge in [0.25, 0.3) is 0 Å². The summed E-state index contributed by atoms with van der Waals surface area (Å²) in [6.45, 7) is 3.15. The predicted molar refractivity (Wildman–Crippen MR) is 33.9 cm³/mol. The minimum atomic E-state index is -0.919. The Morgan fingerprint density at radius 2 is 2.00 bits per heavy atom. The maximum absolute atomic E-state index is 8.84. The van der Waals surface area contributed by atoms with Crippen LogP contribution in [0.4, 0.5) is 0 Å². The monoisotopic (exact) mass is 132 g/mol. The molecular formula is C6H12O3. The van der Waals surface area contributed by atoms with Crippen molar-refractivity contribution in [3.63, 3.8) is 0 Å². The van der Waals surface area contributed by atoms with E-state index in [2.05, 4.69) is 6.58 Å². The van der Waals surface area contributed by atoms with E-state index in [1.54, 1.807) is 0 Å². The molecule has 0 aromatic rings. The fourth-order valence-corrected chi connectivity index (χ4v) is 0.460. The van der Waals surface area contributed by atoms with Gasteiger partial charge in [0.15, 0.2) is 0 Å². The van der Waals surface area contributed by atoms with Crippen molar-refractivity contribution in [2.75, 3.05) is 6.61 Å². The van der Waals surface area contributed by atoms with E-state index in [4.69, 9.17) is 15.3 Å². The van der Waals surface area contributed by atoms with Gasteiger partial charge in [0.2, 0.25) is 0 Å². The maximum Gasteiger partial charge on any atom is 0.0978 e. The maximum atomic E-state index is 8.84. The van der Waals surface area contributed by atoms with Gasteiger partial charge < -0.3 is 15.3 Å². The Morgan fingerprint density at radius 1 is 1.44 bits per heavy atom. The van der Waals surface area contributed by atoms with E-state index in [1.165, 1.54) is 6.08 Å². The fourth-order valence-electron chi connectivity index (χ4n) is 0.460. The van der Waals surface area contributed by atoms with E-state index in [0.717, 1.165) is 0 Å². The van der Waals surface area contributed by atoms with E-state index < -0.39 is 12.2 Å². The quantitative estimate of drug-likeness (QED) is 0.442. The second-order valence-corrected chi connectivity index (χ2v) is 1.81. The Morgan fingerprint density at radius 3 is 2.33 bits per heavy atom. The van der Waals surface area contributed by atoms with Gasteiger partial charge in [0, 0.05) is 6.61 Å². The summed E-state index contributed by atoms with van der Waals surface area (Å²) in [5.41, 5.74) is 0. The Bertz CT molecular complexity index is 82.4. The van der Waals surface area contributed by atoms with Crippen LogP contribution in [-0.2, 0) is 0 Å². The molecule has 0 unspecified atom stereocenters. The Balaban J connectivity index is 3.44. The van der Waals surface area contributed by atoms with Gasteiger partial charge >= 0.3 is 0 Å². The first-order valence-corrected chi connectivity index (χ1v) is 2.82. The van der Waals surface area contributed by atoms with Crippen molar-refractivity contribution < 1.29 is 15.3 Å². The number of aliphatic hydroxyl groups is 3. The molecule has 0 rings (SSSR count). The lowest BCUT2D eigenvalue weighted by Gasteiger charge is -2.11. The second kappa shape index (κ2) is 4.49. The van der Waals surface area contributed by atoms with E-state index in [1.807, 2.05) is 0 Å². The first-order chi connectivity index (χ1) is 4.22. The Kier molecular flexibility index (Phi) is 4.30. The van der Waals surface area contributed by atoms with E-state index in [9.17, 15) is 0 Å². The van der Waals surface area contributed by atoms with Crippen molar-refractivity contribution in [1.82, 2.24) is 0 Å². The number of aliphatic hydroxyl groups excluding tert-OH is 3. The highest BCUT2D eigenvalue weighted by Gasteiger charge is 2.10. The van der Waals surface area contributed by atoms with Gasteiger partial charge in [0.1, 0.15) is 0 Å². The molecule has 0 saturated heterocycles. The first kappa shape index (κ1) is 8.62. The predicted octanol–water partition coefficient (Wildman–Crippen LogP) is -0.723. The molecule has 3 heteroatoms. The van der Waals surface area contributed by atoms with Gasteiger partial charge in [-0.05, 0) is 6.42 Å². The van der Waals surface area contributed by atoms with Crippen LogP contribution in [0, 0.1) is 0 Å². The summed E-state index contributed by atoms with van der Waals surface area (Å²) in [6, 6.07) is 0. The zero-order valence-corrected chi connectivity index (χ0v) is 5.20. The topological polar surface area (TPSA) is 60.7 Å². The third-order valence-corrected chi connectivity index (χ3v) is 1.06. The molecule has 0 aromatic carbocycles. The number of rotatable bonds is 4. The van der Waals surface area contributed by atoms with Crippen molar-refractivity contribution in [2.24, 2.45) is 0 Å². The minimum absolute atomic E-state index is 0.119. The highest BCUT2D eigenvalue weighted by atomic mass is 16.3. The lowest BCUT2D eigenvalue weighted by molar-refractivity contribution is 0.0319. The van der Waals surface area contributed by atoms with Crippen LogP contribution in [0.2, 0.25) is 0 Å². The molecular weight excluding hydrogens is 120 g/mol. The summed E-state index contributed by atoms with van der Waals surface area (Å²) in [6.07, 6.45) is -0.377. The summed E-state index contributed by atoms with van der Waals surface area (Å²) in [4.78, 5) is 0. The van der Waals surface area contributed by atoms with Crippen molar-refractivity contribution in [1.29, 1.82) is 0 Å². The highest BCUT2D eigenvalue weighted by molar-refractivity contribution is 4.83. The molecule has 0 aliphatic heterocycles. The third kappa shape index (κ3) is 3.24. The summed E-state index contributed by atoms with van der Waals surface area (Å²) in [5.74, 6) is 0. The van der Waals surface area contributed by atoms with Crippen molar-refractivity contribution in [3.8, 4) is 0 Å². The molecule has 0 radical (unpaired) electrons. The SMILES string of the molecule is C=C[C@@H](O)[C@@H](O)CCO. The van der Waals surface area contributed by atoms with Gasteiger partial charge in [0.05, 0.1) is 12.2 Å². The van der Waals surface area contributed by atoms with Crippen LogP contribution in [0.25, 0.3) is 0 Å². The molecule has 0 spiro atoms. The van der Waals surface area contributed by atoms with Crippen molar-refractivity contribution in [3.05, 3.63) is 12.7 Å². The average Bonchev–Trinajstić information content (AvgIpc) is 1.87. The molecule has 0 bridgehead atoms. The van der Waals surface area contributed by atoms with Gasteiger partial charge in [-0.1, -0.05) is 6.08 Å². The molecule has 0 heterocycles. The van der Waals surface area contributed by atoms with Crippen LogP contribution in [0.15, 0.2) is 12.7 Å². The summed E-state index contributed by atoms with van der Waals surface area (Å²) >= 11 is 0. The standard InChI is InChI=1S/C6H12O3/c1-2-5(8)6(9)3-4-7/h2,5-9H,1,3-4H2/t5-,6+/m1/s1. The molecule has 0 aromatic heterocycles. The zero-order valence-electron chi connectivity index (χ0n) is 5.20. The normalized spacial score (nSPS) is 16.8. The Labute approximate surface area is 54.3 Å². The molecule has 54 valence electrons. The molecule has 9 heavy (non-hydrogen) atoms. The number of hydrogen-bond acceptors (Lipinski definition) is 3. The minimum Gasteiger partial charge on any atom is -0.396 e. The summed E-state index contributed by atoms with van der Waals surface area (Å²) in [5, 5.41) is 25.9. The molecule has 0 fully saturated rings. The fraction of sp³-hybridized carbons (Fsp3) is 0.667. The molecule has 0 aliphatic carbocycles. The molecule has 3 N–H and O–H groups in total. The van der Waals surface area contributed by atoms with Gasteiger partial charge in [-0.25, -0.2) is 0 Å². The van der Waals surface area contributed by atoms with Crippen LogP contribution in [0.3, 0.4) is 0 Å². The van der Waals surface area contributed by atoms with Gasteiger partial charge in [-0.15, -0.1) is 6.58 Å². The van der Waals surface area contributed by atoms with Crippen LogP contribution in [0.1, 0.15) is 6.42 Å². The smallest absolute Gasteiger partial charge is 0.0978 e. The Hall–Kier alpha value is -0.380. The molecule has 2 atom stereocenters. The van der Waals surface area contributed by atoms with Crippen LogP contribution in [-0.4, -0.2) is 34.1 Å². The first-order valence-electron chi connectivity index (χ1n) is 2.82.